The molecular formula is C18H9Cl2NO3. The Labute approximate surface area is 146 Å². The topological polar surface area (TPSA) is 63.3 Å². The average molecular weight is 358 g/mol. The SMILES string of the molecule is O=C(O)c1cc(-c2cc3cc(Cl)ccc3o2)nc2ccc(Cl)cc12. The molecule has 0 aliphatic carbocycles. The molecule has 0 radical (unpaired) electrons. The zero-order valence-electron chi connectivity index (χ0n) is 12.1. The average Bonchev–Trinajstić information content (AvgIpc) is 2.96. The van der Waals surface area contributed by atoms with Gasteiger partial charge in [0.05, 0.1) is 11.1 Å². The van der Waals surface area contributed by atoms with Crippen LogP contribution in [0, 0.1) is 0 Å². The van der Waals surface area contributed by atoms with Crippen LogP contribution in [0.5, 0.6) is 0 Å². The van der Waals surface area contributed by atoms with Crippen molar-refractivity contribution in [1.29, 1.82) is 0 Å². The van der Waals surface area contributed by atoms with Crippen LogP contribution in [0.1, 0.15) is 10.4 Å². The van der Waals surface area contributed by atoms with E-state index < -0.39 is 5.97 Å². The molecule has 0 saturated carbocycles. The van der Waals surface area contributed by atoms with Crippen molar-refractivity contribution in [2.75, 3.05) is 0 Å². The van der Waals surface area contributed by atoms with E-state index >= 15 is 0 Å². The Hall–Kier alpha value is -2.56. The second-order valence-electron chi connectivity index (χ2n) is 5.31. The van der Waals surface area contributed by atoms with Gasteiger partial charge in [0.2, 0.25) is 0 Å². The van der Waals surface area contributed by atoms with Crippen molar-refractivity contribution < 1.29 is 14.3 Å². The molecule has 2 aromatic carbocycles. The summed E-state index contributed by atoms with van der Waals surface area (Å²) in [6, 6.07) is 13.5. The summed E-state index contributed by atoms with van der Waals surface area (Å²) in [6.07, 6.45) is 0. The maximum atomic E-state index is 11.6. The zero-order chi connectivity index (χ0) is 16.8. The van der Waals surface area contributed by atoms with E-state index in [0.717, 1.165) is 5.39 Å². The first-order valence-corrected chi connectivity index (χ1v) is 7.80. The molecule has 0 spiro atoms. The van der Waals surface area contributed by atoms with E-state index in [4.69, 9.17) is 27.6 Å². The van der Waals surface area contributed by atoms with Gasteiger partial charge in [0.1, 0.15) is 11.3 Å². The lowest BCUT2D eigenvalue weighted by atomic mass is 10.1. The summed E-state index contributed by atoms with van der Waals surface area (Å²) in [4.78, 5) is 16.1. The lowest BCUT2D eigenvalue weighted by Gasteiger charge is -2.05. The summed E-state index contributed by atoms with van der Waals surface area (Å²) >= 11 is 12.0. The molecule has 4 aromatic rings. The van der Waals surface area contributed by atoms with Crippen molar-refractivity contribution in [3.8, 4) is 11.5 Å². The number of rotatable bonds is 2. The molecule has 0 saturated heterocycles. The summed E-state index contributed by atoms with van der Waals surface area (Å²) in [5, 5.41) is 11.9. The minimum atomic E-state index is -1.05. The number of hydrogen-bond acceptors (Lipinski definition) is 3. The number of benzene rings is 2. The first kappa shape index (κ1) is 15.0. The third kappa shape index (κ3) is 2.50. The molecule has 0 unspecified atom stereocenters. The smallest absolute Gasteiger partial charge is 0.336 e. The van der Waals surface area contributed by atoms with Crippen molar-refractivity contribution >= 4 is 51.0 Å². The summed E-state index contributed by atoms with van der Waals surface area (Å²) < 4.78 is 5.78. The first-order chi connectivity index (χ1) is 11.5. The van der Waals surface area contributed by atoms with E-state index in [0.29, 0.717) is 38.0 Å². The van der Waals surface area contributed by atoms with Crippen LogP contribution in [0.3, 0.4) is 0 Å². The lowest BCUT2D eigenvalue weighted by molar-refractivity contribution is 0.0699. The minimum absolute atomic E-state index is 0.121. The van der Waals surface area contributed by atoms with Gasteiger partial charge in [-0.3, -0.25) is 0 Å². The van der Waals surface area contributed by atoms with Crippen LogP contribution in [0.4, 0.5) is 0 Å². The Morgan fingerprint density at radius 1 is 1.00 bits per heavy atom. The van der Waals surface area contributed by atoms with Crippen LogP contribution >= 0.6 is 23.2 Å². The zero-order valence-corrected chi connectivity index (χ0v) is 13.6. The monoisotopic (exact) mass is 357 g/mol. The molecule has 6 heteroatoms. The highest BCUT2D eigenvalue weighted by molar-refractivity contribution is 6.31. The lowest BCUT2D eigenvalue weighted by Crippen LogP contribution is -2.00. The number of halogens is 2. The molecule has 0 fully saturated rings. The highest BCUT2D eigenvalue weighted by Gasteiger charge is 2.16. The van der Waals surface area contributed by atoms with Crippen molar-refractivity contribution in [2.45, 2.75) is 0 Å². The fraction of sp³-hybridized carbons (Fsp3) is 0. The molecule has 2 aromatic heterocycles. The van der Waals surface area contributed by atoms with Gasteiger partial charge in [0.15, 0.2) is 5.76 Å². The van der Waals surface area contributed by atoms with Gasteiger partial charge in [-0.2, -0.15) is 0 Å². The molecule has 4 rings (SSSR count). The van der Waals surface area contributed by atoms with E-state index in [2.05, 4.69) is 4.98 Å². The normalized spacial score (nSPS) is 11.2. The van der Waals surface area contributed by atoms with Crippen LogP contribution in [-0.4, -0.2) is 16.1 Å². The Balaban J connectivity index is 1.98. The Morgan fingerprint density at radius 3 is 2.54 bits per heavy atom. The maximum Gasteiger partial charge on any atom is 0.336 e. The van der Waals surface area contributed by atoms with E-state index in [9.17, 15) is 9.90 Å². The molecule has 4 nitrogen and oxygen atoms in total. The largest absolute Gasteiger partial charge is 0.478 e. The maximum absolute atomic E-state index is 11.6. The van der Waals surface area contributed by atoms with E-state index in [1.807, 2.05) is 0 Å². The van der Waals surface area contributed by atoms with Gasteiger partial charge in [0, 0.05) is 20.8 Å². The Morgan fingerprint density at radius 2 is 1.75 bits per heavy atom. The van der Waals surface area contributed by atoms with Crippen LogP contribution in [0.15, 0.2) is 52.9 Å². The van der Waals surface area contributed by atoms with E-state index in [1.54, 1.807) is 42.5 Å². The standard InChI is InChI=1S/C18H9Cl2NO3/c19-10-2-4-16-9(5-10)6-17(24-16)15-8-13(18(22)23)12-7-11(20)1-3-14(12)21-15/h1-8H,(H,22,23). The predicted octanol–water partition coefficient (Wildman–Crippen LogP) is 5.65. The summed E-state index contributed by atoms with van der Waals surface area (Å²) in [7, 11) is 0. The molecule has 24 heavy (non-hydrogen) atoms. The second-order valence-corrected chi connectivity index (χ2v) is 6.19. The molecule has 118 valence electrons. The number of pyridine rings is 1. The second kappa shape index (κ2) is 5.51. The number of aromatic carboxylic acids is 1. The van der Waals surface area contributed by atoms with Gasteiger partial charge in [-0.15, -0.1) is 0 Å². The van der Waals surface area contributed by atoms with Crippen molar-refractivity contribution in [3.05, 3.63) is 64.1 Å². The van der Waals surface area contributed by atoms with Gasteiger partial charge >= 0.3 is 5.97 Å². The Bertz CT molecular complexity index is 1120. The molecule has 0 atom stereocenters. The number of hydrogen-bond donors (Lipinski definition) is 1. The fourth-order valence-electron chi connectivity index (χ4n) is 2.64. The molecule has 0 bridgehead atoms. The van der Waals surface area contributed by atoms with Gasteiger partial charge in [-0.1, -0.05) is 23.2 Å². The van der Waals surface area contributed by atoms with Gasteiger partial charge < -0.3 is 9.52 Å². The van der Waals surface area contributed by atoms with Gasteiger partial charge in [-0.25, -0.2) is 9.78 Å². The molecule has 0 aliphatic heterocycles. The van der Waals surface area contributed by atoms with Crippen LogP contribution in [-0.2, 0) is 0 Å². The number of fused-ring (bicyclic) bond motifs is 2. The number of carboxylic acids is 1. The highest BCUT2D eigenvalue weighted by atomic mass is 35.5. The predicted molar refractivity (Wildman–Crippen MR) is 93.9 cm³/mol. The molecule has 0 amide bonds. The number of nitrogens with zero attached hydrogens (tertiary/aromatic N) is 1. The number of carbonyl (C=O) groups is 1. The van der Waals surface area contributed by atoms with E-state index in [1.165, 1.54) is 6.07 Å². The molecule has 1 N–H and O–H groups in total. The fourth-order valence-corrected chi connectivity index (χ4v) is 2.99. The van der Waals surface area contributed by atoms with Crippen molar-refractivity contribution in [3.63, 3.8) is 0 Å². The third-order valence-corrected chi connectivity index (χ3v) is 4.20. The minimum Gasteiger partial charge on any atom is -0.478 e. The van der Waals surface area contributed by atoms with Crippen LogP contribution in [0.25, 0.3) is 33.3 Å². The summed E-state index contributed by atoms with van der Waals surface area (Å²) in [5.74, 6) is -0.573. The number of aromatic nitrogens is 1. The van der Waals surface area contributed by atoms with Gasteiger partial charge in [-0.05, 0) is 48.5 Å². The summed E-state index contributed by atoms with van der Waals surface area (Å²) in [5.41, 5.74) is 1.75. The highest BCUT2D eigenvalue weighted by Crippen LogP contribution is 2.31. The number of carboxylic acid groups (broad SMARTS) is 1. The number of furan rings is 1. The molecular weight excluding hydrogens is 349 g/mol. The third-order valence-electron chi connectivity index (χ3n) is 3.73. The first-order valence-electron chi connectivity index (χ1n) is 7.04. The molecule has 0 aliphatic rings. The van der Waals surface area contributed by atoms with Crippen molar-refractivity contribution in [2.24, 2.45) is 0 Å². The van der Waals surface area contributed by atoms with Gasteiger partial charge in [0.25, 0.3) is 0 Å². The van der Waals surface area contributed by atoms with E-state index in [-0.39, 0.29) is 5.56 Å². The molecule has 2 heterocycles. The van der Waals surface area contributed by atoms with Crippen LogP contribution < -0.4 is 0 Å². The van der Waals surface area contributed by atoms with Crippen LogP contribution in [0.2, 0.25) is 10.0 Å². The quantitative estimate of drug-likeness (QED) is 0.503. The summed E-state index contributed by atoms with van der Waals surface area (Å²) in [6.45, 7) is 0. The Kier molecular flexibility index (Phi) is 3.44. The van der Waals surface area contributed by atoms with Crippen molar-refractivity contribution in [1.82, 2.24) is 4.98 Å².